The van der Waals surface area contributed by atoms with Crippen LogP contribution in [0.5, 0.6) is 0 Å². The van der Waals surface area contributed by atoms with E-state index in [2.05, 4.69) is 22.5 Å². The number of anilines is 3. The summed E-state index contributed by atoms with van der Waals surface area (Å²) in [5.74, 6) is 0.996. The Morgan fingerprint density at radius 2 is 2.00 bits per heavy atom. The summed E-state index contributed by atoms with van der Waals surface area (Å²) in [6, 6.07) is 10.2. The molecule has 2 rings (SSSR count). The van der Waals surface area contributed by atoms with E-state index in [1.165, 1.54) is 12.1 Å². The smallest absolute Gasteiger partial charge is 0.143 e. The summed E-state index contributed by atoms with van der Waals surface area (Å²) in [5.41, 5.74) is 0.613. The van der Waals surface area contributed by atoms with Crippen LogP contribution in [0.4, 0.5) is 21.7 Å². The van der Waals surface area contributed by atoms with Gasteiger partial charge in [-0.05, 0) is 36.8 Å². The van der Waals surface area contributed by atoms with Gasteiger partial charge in [0.1, 0.15) is 17.5 Å². The van der Waals surface area contributed by atoms with Gasteiger partial charge < -0.3 is 10.6 Å². The van der Waals surface area contributed by atoms with Crippen molar-refractivity contribution in [2.24, 2.45) is 0 Å². The van der Waals surface area contributed by atoms with E-state index in [0.29, 0.717) is 11.5 Å². The Hall–Kier alpha value is -1.81. The number of benzene rings is 1. The molecule has 5 heteroatoms. The van der Waals surface area contributed by atoms with Crippen LogP contribution in [0.3, 0.4) is 0 Å². The van der Waals surface area contributed by atoms with Crippen LogP contribution in [0.15, 0.2) is 36.4 Å². The molecular weight excluding hydrogens is 265 g/mol. The molecule has 0 aliphatic rings. The summed E-state index contributed by atoms with van der Waals surface area (Å²) >= 11 is 5.64. The van der Waals surface area contributed by atoms with E-state index in [1.54, 1.807) is 6.07 Å². The Morgan fingerprint density at radius 1 is 1.21 bits per heavy atom. The maximum Gasteiger partial charge on any atom is 0.143 e. The first-order valence-corrected chi connectivity index (χ1v) is 6.50. The SMILES string of the molecule is CCCNc1cccc(Nc2ccc(Cl)c(F)c2)n1. The standard InChI is InChI=1S/C14H15ClFN3/c1-2-8-17-13-4-3-5-14(19-13)18-10-6-7-11(15)12(16)9-10/h3-7,9H,2,8H2,1H3,(H2,17,18,19). The largest absolute Gasteiger partial charge is 0.370 e. The number of halogens is 2. The topological polar surface area (TPSA) is 37.0 Å². The molecule has 2 N–H and O–H groups in total. The monoisotopic (exact) mass is 279 g/mol. The van der Waals surface area contributed by atoms with Gasteiger partial charge in [-0.25, -0.2) is 9.37 Å². The maximum atomic E-state index is 13.3. The summed E-state index contributed by atoms with van der Waals surface area (Å²) in [6.07, 6.45) is 1.03. The van der Waals surface area contributed by atoms with E-state index in [0.717, 1.165) is 18.8 Å². The predicted molar refractivity (Wildman–Crippen MR) is 77.7 cm³/mol. The predicted octanol–water partition coefficient (Wildman–Crippen LogP) is 4.44. The fourth-order valence-corrected chi connectivity index (χ4v) is 1.70. The summed E-state index contributed by atoms with van der Waals surface area (Å²) in [4.78, 5) is 4.38. The fraction of sp³-hybridized carbons (Fsp3) is 0.214. The lowest BCUT2D eigenvalue weighted by molar-refractivity contribution is 0.629. The third kappa shape index (κ3) is 3.83. The normalized spacial score (nSPS) is 10.3. The number of aromatic nitrogens is 1. The maximum absolute atomic E-state index is 13.3. The molecule has 0 amide bonds. The number of nitrogens with one attached hydrogen (secondary N) is 2. The molecule has 1 heterocycles. The highest BCUT2D eigenvalue weighted by Crippen LogP contribution is 2.21. The van der Waals surface area contributed by atoms with Crippen molar-refractivity contribution in [2.75, 3.05) is 17.2 Å². The van der Waals surface area contributed by atoms with Crippen LogP contribution in [-0.4, -0.2) is 11.5 Å². The van der Waals surface area contributed by atoms with Crippen LogP contribution in [0, 0.1) is 5.82 Å². The van der Waals surface area contributed by atoms with Gasteiger partial charge in [0.05, 0.1) is 5.02 Å². The van der Waals surface area contributed by atoms with Crippen molar-refractivity contribution in [3.8, 4) is 0 Å². The first-order chi connectivity index (χ1) is 9.19. The van der Waals surface area contributed by atoms with Crippen molar-refractivity contribution in [3.05, 3.63) is 47.2 Å². The van der Waals surface area contributed by atoms with E-state index in [4.69, 9.17) is 11.6 Å². The van der Waals surface area contributed by atoms with Crippen molar-refractivity contribution in [3.63, 3.8) is 0 Å². The second-order valence-electron chi connectivity index (χ2n) is 4.09. The van der Waals surface area contributed by atoms with Crippen LogP contribution >= 0.6 is 11.6 Å². The molecule has 0 bridgehead atoms. The number of hydrogen-bond donors (Lipinski definition) is 2. The second-order valence-corrected chi connectivity index (χ2v) is 4.50. The van der Waals surface area contributed by atoms with Crippen molar-refractivity contribution in [1.29, 1.82) is 0 Å². The molecule has 0 spiro atoms. The molecule has 0 saturated carbocycles. The van der Waals surface area contributed by atoms with Crippen molar-refractivity contribution < 1.29 is 4.39 Å². The summed E-state index contributed by atoms with van der Waals surface area (Å²) in [7, 11) is 0. The number of pyridine rings is 1. The van der Waals surface area contributed by atoms with E-state index in [-0.39, 0.29) is 5.02 Å². The van der Waals surface area contributed by atoms with E-state index in [9.17, 15) is 4.39 Å². The fourth-order valence-electron chi connectivity index (χ4n) is 1.58. The Balaban J connectivity index is 2.11. The Kier molecular flexibility index (Phi) is 4.58. The zero-order valence-corrected chi connectivity index (χ0v) is 11.3. The van der Waals surface area contributed by atoms with E-state index >= 15 is 0 Å². The van der Waals surface area contributed by atoms with Crippen molar-refractivity contribution in [2.45, 2.75) is 13.3 Å². The molecule has 0 fully saturated rings. The van der Waals surface area contributed by atoms with Gasteiger partial charge in [-0.1, -0.05) is 24.6 Å². The highest BCUT2D eigenvalue weighted by atomic mass is 35.5. The summed E-state index contributed by atoms with van der Waals surface area (Å²) in [6.45, 7) is 2.96. The first-order valence-electron chi connectivity index (χ1n) is 6.12. The van der Waals surface area contributed by atoms with E-state index < -0.39 is 5.82 Å². The molecule has 3 nitrogen and oxygen atoms in total. The minimum atomic E-state index is -0.452. The van der Waals surface area contributed by atoms with Gasteiger partial charge in [0.25, 0.3) is 0 Å². The number of hydrogen-bond acceptors (Lipinski definition) is 3. The second kappa shape index (κ2) is 6.38. The van der Waals surface area contributed by atoms with Crippen LogP contribution in [0.2, 0.25) is 5.02 Å². The van der Waals surface area contributed by atoms with Gasteiger partial charge in [-0.15, -0.1) is 0 Å². The molecule has 0 unspecified atom stereocenters. The van der Waals surface area contributed by atoms with Crippen molar-refractivity contribution >= 4 is 28.9 Å². The average molecular weight is 280 g/mol. The third-order valence-electron chi connectivity index (χ3n) is 2.50. The van der Waals surface area contributed by atoms with Crippen LogP contribution in [0.25, 0.3) is 0 Å². The Labute approximate surface area is 116 Å². The Morgan fingerprint density at radius 3 is 2.74 bits per heavy atom. The number of rotatable bonds is 5. The molecule has 0 aliphatic carbocycles. The molecule has 100 valence electrons. The van der Waals surface area contributed by atoms with Crippen molar-refractivity contribution in [1.82, 2.24) is 4.98 Å². The zero-order chi connectivity index (χ0) is 13.7. The lowest BCUT2D eigenvalue weighted by Crippen LogP contribution is -2.03. The van der Waals surface area contributed by atoms with Crippen LogP contribution in [0.1, 0.15) is 13.3 Å². The van der Waals surface area contributed by atoms with Crippen LogP contribution < -0.4 is 10.6 Å². The molecule has 1 aromatic heterocycles. The first kappa shape index (κ1) is 13.6. The van der Waals surface area contributed by atoms with Gasteiger partial charge in [-0.3, -0.25) is 0 Å². The van der Waals surface area contributed by atoms with Gasteiger partial charge in [-0.2, -0.15) is 0 Å². The highest BCUT2D eigenvalue weighted by molar-refractivity contribution is 6.30. The summed E-state index contributed by atoms with van der Waals surface area (Å²) < 4.78 is 13.3. The summed E-state index contributed by atoms with van der Waals surface area (Å²) in [5, 5.41) is 6.34. The van der Waals surface area contributed by atoms with Gasteiger partial charge >= 0.3 is 0 Å². The quantitative estimate of drug-likeness (QED) is 0.849. The van der Waals surface area contributed by atoms with Crippen LogP contribution in [-0.2, 0) is 0 Å². The lowest BCUT2D eigenvalue weighted by Gasteiger charge is -2.09. The molecule has 0 radical (unpaired) electrons. The molecule has 0 atom stereocenters. The molecule has 19 heavy (non-hydrogen) atoms. The highest BCUT2D eigenvalue weighted by Gasteiger charge is 2.02. The lowest BCUT2D eigenvalue weighted by atomic mass is 10.3. The van der Waals surface area contributed by atoms with Gasteiger partial charge in [0.2, 0.25) is 0 Å². The minimum absolute atomic E-state index is 0.108. The number of nitrogens with zero attached hydrogens (tertiary/aromatic N) is 1. The molecule has 2 aromatic rings. The zero-order valence-electron chi connectivity index (χ0n) is 10.6. The Bertz CT molecular complexity index is 560. The van der Waals surface area contributed by atoms with Gasteiger partial charge in [0, 0.05) is 12.2 Å². The molecular formula is C14H15ClFN3. The third-order valence-corrected chi connectivity index (χ3v) is 2.80. The molecule has 0 aliphatic heterocycles. The molecule has 0 saturated heterocycles. The van der Waals surface area contributed by atoms with E-state index in [1.807, 2.05) is 18.2 Å². The molecule has 1 aromatic carbocycles. The average Bonchev–Trinajstić information content (AvgIpc) is 2.41. The van der Waals surface area contributed by atoms with Gasteiger partial charge in [0.15, 0.2) is 0 Å². The minimum Gasteiger partial charge on any atom is -0.370 e.